The molecule has 0 spiro atoms. The smallest absolute Gasteiger partial charge is 0.137 e. The lowest BCUT2D eigenvalue weighted by molar-refractivity contribution is 0.318. The molecule has 0 unspecified atom stereocenters. The van der Waals surface area contributed by atoms with Gasteiger partial charge in [0.1, 0.15) is 11.4 Å². The van der Waals surface area contributed by atoms with Gasteiger partial charge >= 0.3 is 0 Å². The molecule has 0 aliphatic rings. The molecule has 0 radical (unpaired) electrons. The molecule has 4 nitrogen and oxygen atoms in total. The molecule has 0 amide bonds. The lowest BCUT2D eigenvalue weighted by atomic mass is 10.0. The van der Waals surface area contributed by atoms with Crippen molar-refractivity contribution in [3.63, 3.8) is 0 Å². The van der Waals surface area contributed by atoms with Gasteiger partial charge in [-0.1, -0.05) is 25.1 Å². The summed E-state index contributed by atoms with van der Waals surface area (Å²) in [6.07, 6.45) is 8.25. The number of aromatic amines is 1. The molecule has 24 heavy (non-hydrogen) atoms. The molecule has 1 aromatic carbocycles. The normalized spacial score (nSPS) is 11.0. The van der Waals surface area contributed by atoms with Crippen molar-refractivity contribution in [2.75, 3.05) is 6.61 Å². The number of pyridine rings is 1. The van der Waals surface area contributed by atoms with E-state index in [1.54, 1.807) is 12.5 Å². The Morgan fingerprint density at radius 1 is 1.12 bits per heavy atom. The van der Waals surface area contributed by atoms with Crippen LogP contribution in [-0.2, 0) is 0 Å². The number of furan rings is 1. The van der Waals surface area contributed by atoms with Crippen LogP contribution >= 0.6 is 0 Å². The van der Waals surface area contributed by atoms with Crippen LogP contribution in [0.3, 0.4) is 0 Å². The maximum Gasteiger partial charge on any atom is 0.137 e. The fourth-order valence-corrected chi connectivity index (χ4v) is 2.85. The Morgan fingerprint density at radius 2 is 2.04 bits per heavy atom. The third-order valence-corrected chi connectivity index (χ3v) is 4.02. The zero-order valence-electron chi connectivity index (χ0n) is 13.5. The third-order valence-electron chi connectivity index (χ3n) is 4.02. The zero-order chi connectivity index (χ0) is 16.4. The van der Waals surface area contributed by atoms with Crippen molar-refractivity contribution >= 4 is 11.0 Å². The highest BCUT2D eigenvalue weighted by molar-refractivity contribution is 5.95. The van der Waals surface area contributed by atoms with Crippen LogP contribution in [0.15, 0.2) is 65.7 Å². The number of aromatic nitrogens is 2. The summed E-state index contributed by atoms with van der Waals surface area (Å²) in [5, 5.41) is 1.07. The van der Waals surface area contributed by atoms with Crippen molar-refractivity contribution in [2.45, 2.75) is 13.3 Å². The molecule has 0 atom stereocenters. The second-order valence-electron chi connectivity index (χ2n) is 5.68. The minimum Gasteiger partial charge on any atom is -0.493 e. The predicted octanol–water partition coefficient (Wildman–Crippen LogP) is 5.28. The maximum absolute atomic E-state index is 5.89. The molecule has 0 aliphatic carbocycles. The molecule has 3 heterocycles. The third kappa shape index (κ3) is 2.56. The molecule has 0 aliphatic heterocycles. The lowest BCUT2D eigenvalue weighted by Gasteiger charge is -2.11. The van der Waals surface area contributed by atoms with Gasteiger partial charge in [-0.2, -0.15) is 0 Å². The van der Waals surface area contributed by atoms with Gasteiger partial charge in [0.2, 0.25) is 0 Å². The fourth-order valence-electron chi connectivity index (χ4n) is 2.85. The Kier molecular flexibility index (Phi) is 3.79. The minimum absolute atomic E-state index is 0.705. The number of benzene rings is 1. The Morgan fingerprint density at radius 3 is 2.88 bits per heavy atom. The minimum atomic E-state index is 0.705. The average Bonchev–Trinajstić information content (AvgIpc) is 3.28. The van der Waals surface area contributed by atoms with Gasteiger partial charge in [-0.15, -0.1) is 0 Å². The van der Waals surface area contributed by atoms with Crippen LogP contribution in [0.25, 0.3) is 33.3 Å². The second-order valence-corrected chi connectivity index (χ2v) is 5.68. The predicted molar refractivity (Wildman–Crippen MR) is 95.0 cm³/mol. The van der Waals surface area contributed by atoms with Gasteiger partial charge in [0.15, 0.2) is 0 Å². The Hall–Kier alpha value is -3.01. The SMILES string of the molecule is CCCOc1ccccc1-c1cnc2[nH]cc(-c3ccoc3)c2c1. The first-order valence-corrected chi connectivity index (χ1v) is 8.08. The number of ether oxygens (including phenoxy) is 1. The molecule has 0 saturated carbocycles. The molecule has 0 saturated heterocycles. The topological polar surface area (TPSA) is 51.0 Å². The number of para-hydroxylation sites is 1. The van der Waals surface area contributed by atoms with Gasteiger partial charge in [-0.05, 0) is 24.6 Å². The van der Waals surface area contributed by atoms with Crippen LogP contribution in [-0.4, -0.2) is 16.6 Å². The number of H-pyrrole nitrogens is 1. The van der Waals surface area contributed by atoms with Crippen molar-refractivity contribution in [3.05, 3.63) is 61.3 Å². The van der Waals surface area contributed by atoms with Crippen molar-refractivity contribution < 1.29 is 9.15 Å². The van der Waals surface area contributed by atoms with E-state index >= 15 is 0 Å². The summed E-state index contributed by atoms with van der Waals surface area (Å²) in [6.45, 7) is 2.81. The molecule has 4 aromatic rings. The van der Waals surface area contributed by atoms with E-state index in [1.165, 1.54) is 0 Å². The van der Waals surface area contributed by atoms with Crippen LogP contribution in [0, 0.1) is 0 Å². The van der Waals surface area contributed by atoms with Crippen molar-refractivity contribution in [1.29, 1.82) is 0 Å². The van der Waals surface area contributed by atoms with Crippen LogP contribution in [0.4, 0.5) is 0 Å². The van der Waals surface area contributed by atoms with Crippen LogP contribution in [0.1, 0.15) is 13.3 Å². The van der Waals surface area contributed by atoms with E-state index in [0.29, 0.717) is 6.61 Å². The summed E-state index contributed by atoms with van der Waals surface area (Å²) in [5.41, 5.74) is 5.08. The van der Waals surface area contributed by atoms with E-state index < -0.39 is 0 Å². The molecule has 3 aromatic heterocycles. The van der Waals surface area contributed by atoms with Gasteiger partial charge in [-0.25, -0.2) is 4.98 Å². The number of rotatable bonds is 5. The summed E-state index contributed by atoms with van der Waals surface area (Å²) < 4.78 is 11.1. The lowest BCUT2D eigenvalue weighted by Crippen LogP contribution is -1.96. The molecule has 0 bridgehead atoms. The largest absolute Gasteiger partial charge is 0.493 e. The molecular weight excluding hydrogens is 300 g/mol. The number of nitrogens with zero attached hydrogens (tertiary/aromatic N) is 1. The summed E-state index contributed by atoms with van der Waals surface area (Å²) in [5.74, 6) is 0.890. The number of nitrogens with one attached hydrogen (secondary N) is 1. The highest BCUT2D eigenvalue weighted by atomic mass is 16.5. The molecule has 4 rings (SSSR count). The number of hydrogen-bond donors (Lipinski definition) is 1. The van der Waals surface area contributed by atoms with Gasteiger partial charge in [0, 0.05) is 40.0 Å². The van der Waals surface area contributed by atoms with Gasteiger partial charge in [0.05, 0.1) is 19.1 Å². The fraction of sp³-hybridized carbons (Fsp3) is 0.150. The van der Waals surface area contributed by atoms with Crippen molar-refractivity contribution in [1.82, 2.24) is 9.97 Å². The quantitative estimate of drug-likeness (QED) is 0.545. The first kappa shape index (κ1) is 14.6. The molecule has 0 fully saturated rings. The standard InChI is InChI=1S/C20H18N2O2/c1-2-8-24-19-6-4-3-5-16(19)15-10-17-18(14-7-9-23-13-14)12-22-20(17)21-11-15/h3-7,9-13H,2,8H2,1H3,(H,21,22). The average molecular weight is 318 g/mol. The van der Waals surface area contributed by atoms with Crippen LogP contribution < -0.4 is 4.74 Å². The zero-order valence-corrected chi connectivity index (χ0v) is 13.5. The Bertz CT molecular complexity index is 955. The first-order chi connectivity index (χ1) is 11.9. The van der Waals surface area contributed by atoms with Crippen molar-refractivity contribution in [2.24, 2.45) is 0 Å². The van der Waals surface area contributed by atoms with E-state index in [4.69, 9.17) is 9.15 Å². The molecule has 120 valence electrons. The van der Waals surface area contributed by atoms with Crippen LogP contribution in [0.5, 0.6) is 5.75 Å². The molecule has 4 heteroatoms. The Labute approximate surface area is 140 Å². The van der Waals surface area contributed by atoms with Gasteiger partial charge in [0.25, 0.3) is 0 Å². The van der Waals surface area contributed by atoms with E-state index in [2.05, 4.69) is 29.0 Å². The molecular formula is C20H18N2O2. The van der Waals surface area contributed by atoms with Gasteiger partial charge < -0.3 is 14.1 Å². The highest BCUT2D eigenvalue weighted by Gasteiger charge is 2.12. The first-order valence-electron chi connectivity index (χ1n) is 8.08. The van der Waals surface area contributed by atoms with Crippen molar-refractivity contribution in [3.8, 4) is 28.0 Å². The second kappa shape index (κ2) is 6.24. The summed E-state index contributed by atoms with van der Waals surface area (Å²) in [4.78, 5) is 7.79. The Balaban J connectivity index is 1.82. The van der Waals surface area contributed by atoms with E-state index in [9.17, 15) is 0 Å². The number of hydrogen-bond acceptors (Lipinski definition) is 3. The molecule has 1 N–H and O–H groups in total. The van der Waals surface area contributed by atoms with Gasteiger partial charge in [-0.3, -0.25) is 0 Å². The summed E-state index contributed by atoms with van der Waals surface area (Å²) in [6, 6.07) is 12.2. The van der Waals surface area contributed by atoms with E-state index in [1.807, 2.05) is 36.7 Å². The number of fused-ring (bicyclic) bond motifs is 1. The monoisotopic (exact) mass is 318 g/mol. The van der Waals surface area contributed by atoms with Crippen LogP contribution in [0.2, 0.25) is 0 Å². The summed E-state index contributed by atoms with van der Waals surface area (Å²) >= 11 is 0. The van der Waals surface area contributed by atoms with E-state index in [0.717, 1.165) is 45.5 Å². The summed E-state index contributed by atoms with van der Waals surface area (Å²) in [7, 11) is 0. The highest BCUT2D eigenvalue weighted by Crippen LogP contribution is 2.34. The maximum atomic E-state index is 5.89. The van der Waals surface area contributed by atoms with E-state index in [-0.39, 0.29) is 0 Å².